The van der Waals surface area contributed by atoms with Gasteiger partial charge in [0.2, 0.25) is 0 Å². The lowest BCUT2D eigenvalue weighted by Gasteiger charge is -2.61. The van der Waals surface area contributed by atoms with E-state index in [1.807, 2.05) is 0 Å². The van der Waals surface area contributed by atoms with Crippen LogP contribution in [0, 0.1) is 52.3 Å². The first-order chi connectivity index (χ1) is 14.3. The fourth-order valence-corrected chi connectivity index (χ4v) is 10.4. The molecule has 2 saturated heterocycles. The molecule has 0 bridgehead atoms. The van der Waals surface area contributed by atoms with Crippen LogP contribution in [0.2, 0.25) is 0 Å². The second-order valence-corrected chi connectivity index (χ2v) is 13.1. The van der Waals surface area contributed by atoms with Gasteiger partial charge in [0.15, 0.2) is 5.79 Å². The summed E-state index contributed by atoms with van der Waals surface area (Å²) < 4.78 is 13.1. The molecule has 0 radical (unpaired) electrons. The molecule has 12 atom stereocenters. The number of hydrogen-bond acceptors (Lipinski definition) is 3. The Morgan fingerprint density at radius 3 is 2.40 bits per heavy atom. The number of aliphatic hydroxyl groups is 1. The Labute approximate surface area is 183 Å². The van der Waals surface area contributed by atoms with Crippen LogP contribution < -0.4 is 0 Å². The predicted molar refractivity (Wildman–Crippen MR) is 118 cm³/mol. The summed E-state index contributed by atoms with van der Waals surface area (Å²) in [4.78, 5) is 0. The van der Waals surface area contributed by atoms with Crippen molar-refractivity contribution in [3.63, 3.8) is 0 Å². The maximum absolute atomic E-state index is 9.96. The summed E-state index contributed by atoms with van der Waals surface area (Å²) >= 11 is 0. The van der Waals surface area contributed by atoms with Gasteiger partial charge in [-0.25, -0.2) is 0 Å². The lowest BCUT2D eigenvalue weighted by atomic mass is 9.44. The van der Waals surface area contributed by atoms with Crippen LogP contribution in [0.25, 0.3) is 0 Å². The van der Waals surface area contributed by atoms with Gasteiger partial charge < -0.3 is 14.6 Å². The number of fused-ring (bicyclic) bond motifs is 7. The fraction of sp³-hybridized carbons (Fsp3) is 1.00. The van der Waals surface area contributed by atoms with Gasteiger partial charge in [-0.2, -0.15) is 0 Å². The molecule has 11 unspecified atom stereocenters. The zero-order valence-electron chi connectivity index (χ0n) is 19.7. The highest BCUT2D eigenvalue weighted by Gasteiger charge is 2.69. The second kappa shape index (κ2) is 6.70. The van der Waals surface area contributed by atoms with E-state index in [0.29, 0.717) is 35.4 Å². The third kappa shape index (κ3) is 2.61. The van der Waals surface area contributed by atoms with Crippen molar-refractivity contribution in [1.82, 2.24) is 0 Å². The first-order valence-electron chi connectivity index (χ1n) is 13.3. The fourth-order valence-electron chi connectivity index (χ4n) is 10.4. The molecule has 0 aromatic rings. The lowest BCUT2D eigenvalue weighted by molar-refractivity contribution is -0.279. The molecule has 0 amide bonds. The molecule has 170 valence electrons. The molecule has 6 aliphatic rings. The minimum absolute atomic E-state index is 0.306. The molecular weight excluding hydrogens is 372 g/mol. The average Bonchev–Trinajstić information content (AvgIpc) is 3.16. The summed E-state index contributed by atoms with van der Waals surface area (Å²) in [7, 11) is 0. The highest BCUT2D eigenvalue weighted by Crippen LogP contribution is 2.71. The van der Waals surface area contributed by atoms with E-state index in [9.17, 15) is 5.11 Å². The number of ether oxygens (including phenoxy) is 2. The summed E-state index contributed by atoms with van der Waals surface area (Å²) in [6.07, 6.45) is 13.2. The van der Waals surface area contributed by atoms with Gasteiger partial charge in [0.1, 0.15) is 0 Å². The van der Waals surface area contributed by atoms with E-state index in [1.54, 1.807) is 0 Å². The average molecular weight is 417 g/mol. The van der Waals surface area contributed by atoms with Crippen LogP contribution in [0.1, 0.15) is 91.9 Å². The van der Waals surface area contributed by atoms with Crippen LogP contribution in [0.5, 0.6) is 0 Å². The molecular formula is C27H44O3. The van der Waals surface area contributed by atoms with Crippen molar-refractivity contribution in [2.24, 2.45) is 52.3 Å². The van der Waals surface area contributed by atoms with Crippen molar-refractivity contribution < 1.29 is 14.6 Å². The molecule has 6 fully saturated rings. The zero-order chi connectivity index (χ0) is 20.9. The van der Waals surface area contributed by atoms with Gasteiger partial charge in [-0.05, 0) is 97.7 Å². The summed E-state index contributed by atoms with van der Waals surface area (Å²) in [6, 6.07) is 0. The highest BCUT2D eigenvalue weighted by atomic mass is 16.7. The molecule has 30 heavy (non-hydrogen) atoms. The Balaban J connectivity index is 1.26. The lowest BCUT2D eigenvalue weighted by Crippen LogP contribution is -2.54. The van der Waals surface area contributed by atoms with Gasteiger partial charge in [-0.1, -0.05) is 34.1 Å². The van der Waals surface area contributed by atoms with E-state index in [1.165, 1.54) is 51.4 Å². The molecule has 4 saturated carbocycles. The predicted octanol–water partition coefficient (Wildman–Crippen LogP) is 5.79. The second-order valence-electron chi connectivity index (χ2n) is 13.1. The van der Waals surface area contributed by atoms with Crippen molar-refractivity contribution in [2.75, 3.05) is 6.61 Å². The molecule has 2 aliphatic heterocycles. The van der Waals surface area contributed by atoms with Crippen LogP contribution in [-0.4, -0.2) is 29.7 Å². The molecule has 6 rings (SSSR count). The Morgan fingerprint density at radius 2 is 1.63 bits per heavy atom. The topological polar surface area (TPSA) is 38.7 Å². The SMILES string of the molecule is CC1CCC2(C)C(CCC3C2CCC2(C)C3CC3OC4(CCC(O)CO4)[C@@H](C)C32)C1. The molecule has 3 nitrogen and oxygen atoms in total. The maximum atomic E-state index is 9.96. The maximum Gasteiger partial charge on any atom is 0.171 e. The van der Waals surface area contributed by atoms with Gasteiger partial charge >= 0.3 is 0 Å². The number of hydrogen-bond donors (Lipinski definition) is 1. The minimum atomic E-state index is -0.414. The first kappa shape index (κ1) is 20.5. The van der Waals surface area contributed by atoms with Gasteiger partial charge in [-0.3, -0.25) is 0 Å². The Hall–Kier alpha value is -0.120. The van der Waals surface area contributed by atoms with E-state index >= 15 is 0 Å². The molecule has 4 aliphatic carbocycles. The monoisotopic (exact) mass is 416 g/mol. The van der Waals surface area contributed by atoms with E-state index in [-0.39, 0.29) is 6.10 Å². The minimum Gasteiger partial charge on any atom is -0.391 e. The molecule has 1 N–H and O–H groups in total. The Kier molecular flexibility index (Phi) is 4.58. The van der Waals surface area contributed by atoms with E-state index in [4.69, 9.17) is 9.47 Å². The largest absolute Gasteiger partial charge is 0.391 e. The van der Waals surface area contributed by atoms with Crippen molar-refractivity contribution >= 4 is 0 Å². The van der Waals surface area contributed by atoms with Crippen molar-refractivity contribution in [3.8, 4) is 0 Å². The summed E-state index contributed by atoms with van der Waals surface area (Å²) in [6.45, 7) is 10.7. The van der Waals surface area contributed by atoms with Crippen LogP contribution in [0.3, 0.4) is 0 Å². The van der Waals surface area contributed by atoms with E-state index in [0.717, 1.165) is 42.4 Å². The third-order valence-corrected chi connectivity index (χ3v) is 11.9. The number of aliphatic hydroxyl groups excluding tert-OH is 1. The van der Waals surface area contributed by atoms with Gasteiger partial charge in [0, 0.05) is 12.3 Å². The molecule has 0 aromatic heterocycles. The van der Waals surface area contributed by atoms with Gasteiger partial charge in [0.05, 0.1) is 18.8 Å². The Morgan fingerprint density at radius 1 is 0.833 bits per heavy atom. The zero-order valence-corrected chi connectivity index (χ0v) is 19.7. The summed E-state index contributed by atoms with van der Waals surface area (Å²) in [5.74, 6) is 5.31. The molecule has 0 aromatic carbocycles. The van der Waals surface area contributed by atoms with Gasteiger partial charge in [-0.15, -0.1) is 0 Å². The van der Waals surface area contributed by atoms with Crippen LogP contribution in [0.4, 0.5) is 0 Å². The van der Waals surface area contributed by atoms with Crippen molar-refractivity contribution in [1.29, 1.82) is 0 Å². The van der Waals surface area contributed by atoms with Crippen LogP contribution in [0.15, 0.2) is 0 Å². The molecule has 2 heterocycles. The van der Waals surface area contributed by atoms with Crippen molar-refractivity contribution in [3.05, 3.63) is 0 Å². The normalized spacial score (nSPS) is 62.5. The number of rotatable bonds is 0. The Bertz CT molecular complexity index is 684. The molecule has 1 spiro atoms. The first-order valence-corrected chi connectivity index (χ1v) is 13.3. The third-order valence-electron chi connectivity index (χ3n) is 11.9. The highest BCUT2D eigenvalue weighted by molar-refractivity contribution is 5.15. The smallest absolute Gasteiger partial charge is 0.171 e. The summed E-state index contributed by atoms with van der Waals surface area (Å²) in [5, 5.41) is 9.96. The van der Waals surface area contributed by atoms with Crippen LogP contribution >= 0.6 is 0 Å². The van der Waals surface area contributed by atoms with Crippen molar-refractivity contribution in [2.45, 2.75) is 110 Å². The van der Waals surface area contributed by atoms with E-state index in [2.05, 4.69) is 27.7 Å². The van der Waals surface area contributed by atoms with E-state index < -0.39 is 5.79 Å². The molecule has 3 heteroatoms. The quantitative estimate of drug-likeness (QED) is 0.543. The van der Waals surface area contributed by atoms with Crippen LogP contribution in [-0.2, 0) is 9.47 Å². The van der Waals surface area contributed by atoms with Gasteiger partial charge in [0.25, 0.3) is 0 Å². The summed E-state index contributed by atoms with van der Waals surface area (Å²) in [5.41, 5.74) is 1.02. The standard InChI is InChI=1S/C27H44O3/c1-16-7-10-25(3)18(13-16)5-6-20-21(25)9-11-26(4)22(20)14-23-24(26)17(2)27(30-23)12-8-19(28)15-29-27/h16-24,28H,5-15H2,1-4H3/t16?,17-,18?,19?,20?,21?,22?,23?,24?,25?,26?,27?/m0/s1.